The van der Waals surface area contributed by atoms with Gasteiger partial charge in [-0.3, -0.25) is 0 Å². The van der Waals surface area contributed by atoms with Crippen molar-refractivity contribution in [2.75, 3.05) is 11.5 Å². The highest BCUT2D eigenvalue weighted by atomic mass is 32.2. The van der Waals surface area contributed by atoms with Crippen molar-refractivity contribution in [2.24, 2.45) is 11.8 Å². The summed E-state index contributed by atoms with van der Waals surface area (Å²) >= 11 is 2.03. The third-order valence-corrected chi connectivity index (χ3v) is 5.03. The van der Waals surface area contributed by atoms with Crippen molar-refractivity contribution >= 4 is 11.8 Å². The van der Waals surface area contributed by atoms with Crippen molar-refractivity contribution in [1.29, 1.82) is 0 Å². The topological polar surface area (TPSA) is 20.2 Å². The van der Waals surface area contributed by atoms with Crippen molar-refractivity contribution in [1.82, 2.24) is 0 Å². The first-order valence-corrected chi connectivity index (χ1v) is 7.27. The SMILES string of the molecule is OC(CC1CCCC1)C1CCCSC1. The number of aliphatic hydroxyl groups excluding tert-OH is 1. The lowest BCUT2D eigenvalue weighted by Gasteiger charge is -2.27. The van der Waals surface area contributed by atoms with Gasteiger partial charge in [-0.1, -0.05) is 25.7 Å². The second-order valence-electron chi connectivity index (χ2n) is 4.93. The number of hydrogen-bond acceptors (Lipinski definition) is 2. The van der Waals surface area contributed by atoms with Crippen LogP contribution in [0.15, 0.2) is 0 Å². The zero-order valence-corrected chi connectivity index (χ0v) is 9.77. The molecule has 2 aliphatic rings. The third-order valence-electron chi connectivity index (χ3n) is 3.79. The summed E-state index contributed by atoms with van der Waals surface area (Å²) in [4.78, 5) is 0. The highest BCUT2D eigenvalue weighted by Gasteiger charge is 2.26. The molecule has 2 atom stereocenters. The van der Waals surface area contributed by atoms with Gasteiger partial charge in [-0.05, 0) is 42.6 Å². The summed E-state index contributed by atoms with van der Waals surface area (Å²) in [5, 5.41) is 10.1. The maximum Gasteiger partial charge on any atom is 0.0578 e. The molecule has 2 rings (SSSR count). The van der Waals surface area contributed by atoms with E-state index in [-0.39, 0.29) is 6.10 Å². The Morgan fingerprint density at radius 1 is 1.14 bits per heavy atom. The minimum atomic E-state index is 0.00546. The molecule has 1 nitrogen and oxygen atoms in total. The molecule has 14 heavy (non-hydrogen) atoms. The molecule has 1 saturated carbocycles. The highest BCUT2D eigenvalue weighted by molar-refractivity contribution is 7.99. The van der Waals surface area contributed by atoms with Crippen LogP contribution in [0.5, 0.6) is 0 Å². The lowest BCUT2D eigenvalue weighted by Crippen LogP contribution is -2.27. The summed E-state index contributed by atoms with van der Waals surface area (Å²) < 4.78 is 0. The molecule has 0 aromatic rings. The van der Waals surface area contributed by atoms with E-state index in [2.05, 4.69) is 0 Å². The van der Waals surface area contributed by atoms with E-state index in [9.17, 15) is 5.11 Å². The molecular formula is C12H22OS. The maximum absolute atomic E-state index is 10.1. The van der Waals surface area contributed by atoms with E-state index < -0.39 is 0 Å². The van der Waals surface area contributed by atoms with Gasteiger partial charge in [-0.15, -0.1) is 0 Å². The summed E-state index contributed by atoms with van der Waals surface area (Å²) in [6, 6.07) is 0. The molecular weight excluding hydrogens is 192 g/mol. The molecule has 2 heteroatoms. The predicted molar refractivity (Wildman–Crippen MR) is 62.6 cm³/mol. The van der Waals surface area contributed by atoms with Crippen LogP contribution in [0.1, 0.15) is 44.9 Å². The lowest BCUT2D eigenvalue weighted by atomic mass is 9.90. The molecule has 0 aromatic carbocycles. The maximum atomic E-state index is 10.1. The van der Waals surface area contributed by atoms with E-state index in [0.717, 1.165) is 12.3 Å². The van der Waals surface area contributed by atoms with Crippen LogP contribution in [0, 0.1) is 11.8 Å². The smallest absolute Gasteiger partial charge is 0.0578 e. The second kappa shape index (κ2) is 5.41. The van der Waals surface area contributed by atoms with Gasteiger partial charge in [0.05, 0.1) is 6.10 Å². The zero-order chi connectivity index (χ0) is 9.80. The van der Waals surface area contributed by atoms with Crippen LogP contribution in [0.25, 0.3) is 0 Å². The number of aliphatic hydroxyl groups is 1. The molecule has 1 aliphatic heterocycles. The molecule has 0 radical (unpaired) electrons. The Morgan fingerprint density at radius 3 is 2.57 bits per heavy atom. The summed E-state index contributed by atoms with van der Waals surface area (Å²) in [6.45, 7) is 0. The highest BCUT2D eigenvalue weighted by Crippen LogP contribution is 2.33. The summed E-state index contributed by atoms with van der Waals surface area (Å²) in [5.41, 5.74) is 0. The van der Waals surface area contributed by atoms with Crippen LogP contribution in [0.4, 0.5) is 0 Å². The Kier molecular flexibility index (Phi) is 4.18. The molecule has 1 aliphatic carbocycles. The molecule has 0 amide bonds. The largest absolute Gasteiger partial charge is 0.393 e. The van der Waals surface area contributed by atoms with Gasteiger partial charge in [-0.25, -0.2) is 0 Å². The number of hydrogen-bond donors (Lipinski definition) is 1. The van der Waals surface area contributed by atoms with E-state index >= 15 is 0 Å². The first kappa shape index (κ1) is 10.8. The van der Waals surface area contributed by atoms with Crippen LogP contribution in [-0.4, -0.2) is 22.7 Å². The molecule has 0 spiro atoms. The minimum absolute atomic E-state index is 0.00546. The Morgan fingerprint density at radius 2 is 1.93 bits per heavy atom. The summed E-state index contributed by atoms with van der Waals surface area (Å²) in [6.07, 6.45) is 9.22. The fourth-order valence-electron chi connectivity index (χ4n) is 2.85. The standard InChI is InChI=1S/C12H22OS/c13-12(8-10-4-1-2-5-10)11-6-3-7-14-9-11/h10-13H,1-9H2. The molecule has 0 aromatic heterocycles. The monoisotopic (exact) mass is 214 g/mol. The van der Waals surface area contributed by atoms with Gasteiger partial charge in [0.2, 0.25) is 0 Å². The van der Waals surface area contributed by atoms with E-state index in [1.807, 2.05) is 11.8 Å². The van der Waals surface area contributed by atoms with Gasteiger partial charge >= 0.3 is 0 Å². The molecule has 1 heterocycles. The van der Waals surface area contributed by atoms with Gasteiger partial charge < -0.3 is 5.11 Å². The summed E-state index contributed by atoms with van der Waals surface area (Å²) in [7, 11) is 0. The fourth-order valence-corrected chi connectivity index (χ4v) is 4.08. The van der Waals surface area contributed by atoms with Crippen molar-refractivity contribution in [3.63, 3.8) is 0 Å². The van der Waals surface area contributed by atoms with Gasteiger partial charge in [0.15, 0.2) is 0 Å². The third kappa shape index (κ3) is 2.90. The Balaban J connectivity index is 1.72. The molecule has 82 valence electrons. The number of rotatable bonds is 3. The van der Waals surface area contributed by atoms with Crippen molar-refractivity contribution in [3.05, 3.63) is 0 Å². The van der Waals surface area contributed by atoms with E-state index in [0.29, 0.717) is 5.92 Å². The molecule has 1 N–H and O–H groups in total. The van der Waals surface area contributed by atoms with Gasteiger partial charge in [0.1, 0.15) is 0 Å². The predicted octanol–water partition coefficient (Wildman–Crippen LogP) is 3.07. The molecule has 2 unspecified atom stereocenters. The van der Waals surface area contributed by atoms with Gasteiger partial charge in [0, 0.05) is 0 Å². The van der Waals surface area contributed by atoms with Crippen LogP contribution in [0.3, 0.4) is 0 Å². The van der Waals surface area contributed by atoms with Crippen molar-refractivity contribution in [3.8, 4) is 0 Å². The zero-order valence-electron chi connectivity index (χ0n) is 8.95. The number of thioether (sulfide) groups is 1. The van der Waals surface area contributed by atoms with Gasteiger partial charge in [-0.2, -0.15) is 11.8 Å². The minimum Gasteiger partial charge on any atom is -0.393 e. The van der Waals surface area contributed by atoms with Crippen molar-refractivity contribution in [2.45, 2.75) is 51.0 Å². The quantitative estimate of drug-likeness (QED) is 0.779. The Bertz CT molecular complexity index is 160. The van der Waals surface area contributed by atoms with Crippen LogP contribution >= 0.6 is 11.8 Å². The molecule has 2 fully saturated rings. The van der Waals surface area contributed by atoms with Crippen molar-refractivity contribution < 1.29 is 5.11 Å². The first-order chi connectivity index (χ1) is 6.86. The van der Waals surface area contributed by atoms with Crippen LogP contribution in [0.2, 0.25) is 0 Å². The Hall–Kier alpha value is 0.310. The van der Waals surface area contributed by atoms with Gasteiger partial charge in [0.25, 0.3) is 0 Å². The summed E-state index contributed by atoms with van der Waals surface area (Å²) in [5.74, 6) is 3.96. The average molecular weight is 214 g/mol. The second-order valence-corrected chi connectivity index (χ2v) is 6.08. The molecule has 1 saturated heterocycles. The Labute approximate surface area is 91.7 Å². The van der Waals surface area contributed by atoms with E-state index in [1.165, 1.54) is 50.0 Å². The normalized spacial score (nSPS) is 31.9. The van der Waals surface area contributed by atoms with E-state index in [4.69, 9.17) is 0 Å². The first-order valence-electron chi connectivity index (χ1n) is 6.12. The van der Waals surface area contributed by atoms with Crippen LogP contribution < -0.4 is 0 Å². The van der Waals surface area contributed by atoms with Crippen LogP contribution in [-0.2, 0) is 0 Å². The molecule has 0 bridgehead atoms. The average Bonchev–Trinajstić information content (AvgIpc) is 2.72. The fraction of sp³-hybridized carbons (Fsp3) is 1.00. The van der Waals surface area contributed by atoms with E-state index in [1.54, 1.807) is 0 Å². The lowest BCUT2D eigenvalue weighted by molar-refractivity contribution is 0.0868.